The number of nitrogens with one attached hydrogen (secondary N) is 1. The van der Waals surface area contributed by atoms with E-state index < -0.39 is 0 Å². The van der Waals surface area contributed by atoms with Gasteiger partial charge < -0.3 is 15.0 Å². The van der Waals surface area contributed by atoms with Crippen LogP contribution in [-0.4, -0.2) is 43.6 Å². The lowest BCUT2D eigenvalue weighted by molar-refractivity contribution is 0.0654. The number of hydrogen-bond donors (Lipinski definition) is 1. The third-order valence-corrected chi connectivity index (χ3v) is 4.06. The van der Waals surface area contributed by atoms with E-state index in [4.69, 9.17) is 4.74 Å². The van der Waals surface area contributed by atoms with E-state index in [-0.39, 0.29) is 11.9 Å². The lowest BCUT2D eigenvalue weighted by Gasteiger charge is -2.34. The molecule has 1 atom stereocenters. The third-order valence-electron chi connectivity index (χ3n) is 3.17. The molecule has 1 heterocycles. The van der Waals surface area contributed by atoms with Crippen LogP contribution in [0.15, 0.2) is 18.2 Å². The van der Waals surface area contributed by atoms with Crippen molar-refractivity contribution in [2.24, 2.45) is 0 Å². The van der Waals surface area contributed by atoms with Crippen molar-refractivity contribution in [3.05, 3.63) is 27.3 Å². The fourth-order valence-corrected chi connectivity index (χ4v) is 2.81. The highest BCUT2D eigenvalue weighted by Gasteiger charge is 2.25. The van der Waals surface area contributed by atoms with Crippen molar-refractivity contribution >= 4 is 28.5 Å². The second-order valence-electron chi connectivity index (χ2n) is 4.40. The molecule has 1 aromatic rings. The number of amides is 1. The van der Waals surface area contributed by atoms with E-state index in [9.17, 15) is 4.79 Å². The first-order valence-electron chi connectivity index (χ1n) is 5.98. The summed E-state index contributed by atoms with van der Waals surface area (Å²) < 4.78 is 6.09. The fourth-order valence-electron chi connectivity index (χ4n) is 2.09. The molecule has 0 saturated carbocycles. The normalized spacial score (nSPS) is 19.7. The van der Waals surface area contributed by atoms with Gasteiger partial charge >= 0.3 is 0 Å². The average Bonchev–Trinajstić information content (AvgIpc) is 2.38. The SMILES string of the molecule is COc1ccc(C(=O)N2CCNC[C@H]2C)c(I)c1. The van der Waals surface area contributed by atoms with Crippen LogP contribution in [0, 0.1) is 3.57 Å². The lowest BCUT2D eigenvalue weighted by atomic mass is 10.1. The average molecular weight is 360 g/mol. The molecule has 1 N–H and O–H groups in total. The van der Waals surface area contributed by atoms with E-state index in [0.29, 0.717) is 0 Å². The summed E-state index contributed by atoms with van der Waals surface area (Å²) in [4.78, 5) is 14.4. The molecule has 0 spiro atoms. The predicted octanol–water partition coefficient (Wildman–Crippen LogP) is 1.73. The molecule has 18 heavy (non-hydrogen) atoms. The van der Waals surface area contributed by atoms with Crippen molar-refractivity contribution in [1.29, 1.82) is 0 Å². The molecule has 1 amide bonds. The summed E-state index contributed by atoms with van der Waals surface area (Å²) in [5.41, 5.74) is 0.755. The molecule has 0 bridgehead atoms. The van der Waals surface area contributed by atoms with Crippen molar-refractivity contribution in [2.45, 2.75) is 13.0 Å². The lowest BCUT2D eigenvalue weighted by Crippen LogP contribution is -2.52. The molecule has 1 aliphatic rings. The maximum Gasteiger partial charge on any atom is 0.255 e. The number of benzene rings is 1. The number of halogens is 1. The number of ether oxygens (including phenoxy) is 1. The van der Waals surface area contributed by atoms with Crippen molar-refractivity contribution in [3.63, 3.8) is 0 Å². The van der Waals surface area contributed by atoms with Gasteiger partial charge in [-0.1, -0.05) is 0 Å². The molecule has 1 aromatic carbocycles. The van der Waals surface area contributed by atoms with Gasteiger partial charge in [0.05, 0.1) is 12.7 Å². The standard InChI is InChI=1S/C13H17IN2O2/c1-9-8-15-5-6-16(9)13(17)11-4-3-10(18-2)7-12(11)14/h3-4,7,9,15H,5-6,8H2,1-2H3/t9-/m1/s1. The first-order valence-corrected chi connectivity index (χ1v) is 7.06. The molecule has 4 nitrogen and oxygen atoms in total. The highest BCUT2D eigenvalue weighted by atomic mass is 127. The number of carbonyl (C=O) groups is 1. The van der Waals surface area contributed by atoms with Crippen LogP contribution >= 0.6 is 22.6 Å². The van der Waals surface area contributed by atoms with Crippen LogP contribution in [0.2, 0.25) is 0 Å². The van der Waals surface area contributed by atoms with Crippen molar-refractivity contribution < 1.29 is 9.53 Å². The van der Waals surface area contributed by atoms with Crippen molar-refractivity contribution in [1.82, 2.24) is 10.2 Å². The second kappa shape index (κ2) is 5.88. The Morgan fingerprint density at radius 3 is 2.94 bits per heavy atom. The Morgan fingerprint density at radius 1 is 1.56 bits per heavy atom. The number of methoxy groups -OCH3 is 1. The summed E-state index contributed by atoms with van der Waals surface area (Å²) >= 11 is 2.18. The van der Waals surface area contributed by atoms with Gasteiger partial charge in [0.1, 0.15) is 5.75 Å². The highest BCUT2D eigenvalue weighted by molar-refractivity contribution is 14.1. The van der Waals surface area contributed by atoms with Crippen molar-refractivity contribution in [3.8, 4) is 5.75 Å². The Balaban J connectivity index is 2.22. The predicted molar refractivity (Wildman–Crippen MR) is 79.1 cm³/mol. The first-order chi connectivity index (χ1) is 8.63. The van der Waals surface area contributed by atoms with Gasteiger partial charge in [0, 0.05) is 29.2 Å². The topological polar surface area (TPSA) is 41.6 Å². The largest absolute Gasteiger partial charge is 0.497 e. The summed E-state index contributed by atoms with van der Waals surface area (Å²) in [6.07, 6.45) is 0. The summed E-state index contributed by atoms with van der Waals surface area (Å²) in [5, 5.41) is 3.29. The summed E-state index contributed by atoms with van der Waals surface area (Å²) in [7, 11) is 1.63. The molecular formula is C13H17IN2O2. The van der Waals surface area contributed by atoms with Crippen molar-refractivity contribution in [2.75, 3.05) is 26.7 Å². The van der Waals surface area contributed by atoms with Crippen LogP contribution in [0.5, 0.6) is 5.75 Å². The molecule has 0 radical (unpaired) electrons. The molecule has 0 aliphatic carbocycles. The fraction of sp³-hybridized carbons (Fsp3) is 0.462. The van der Waals surface area contributed by atoms with Crippen LogP contribution in [0.3, 0.4) is 0 Å². The zero-order valence-corrected chi connectivity index (χ0v) is 12.7. The molecule has 0 unspecified atom stereocenters. The van der Waals surface area contributed by atoms with Gasteiger partial charge in [-0.2, -0.15) is 0 Å². The van der Waals surface area contributed by atoms with Gasteiger partial charge in [0.2, 0.25) is 0 Å². The van der Waals surface area contributed by atoms with Gasteiger partial charge in [0.25, 0.3) is 5.91 Å². The Bertz CT molecular complexity index is 451. The molecule has 98 valence electrons. The van der Waals surface area contributed by atoms with E-state index in [1.54, 1.807) is 7.11 Å². The zero-order chi connectivity index (χ0) is 13.1. The van der Waals surface area contributed by atoms with Crippen LogP contribution in [0.1, 0.15) is 17.3 Å². The monoisotopic (exact) mass is 360 g/mol. The zero-order valence-electron chi connectivity index (χ0n) is 10.6. The summed E-state index contributed by atoms with van der Waals surface area (Å²) in [6, 6.07) is 5.81. The summed E-state index contributed by atoms with van der Waals surface area (Å²) in [5.74, 6) is 0.889. The van der Waals surface area contributed by atoms with E-state index in [2.05, 4.69) is 34.8 Å². The van der Waals surface area contributed by atoms with Gasteiger partial charge in [0.15, 0.2) is 0 Å². The molecule has 1 saturated heterocycles. The minimum Gasteiger partial charge on any atom is -0.497 e. The van der Waals surface area contributed by atoms with Crippen LogP contribution in [0.25, 0.3) is 0 Å². The van der Waals surface area contributed by atoms with Gasteiger partial charge in [-0.25, -0.2) is 0 Å². The highest BCUT2D eigenvalue weighted by Crippen LogP contribution is 2.21. The Hall–Kier alpha value is -0.820. The van der Waals surface area contributed by atoms with Crippen LogP contribution in [-0.2, 0) is 0 Å². The van der Waals surface area contributed by atoms with E-state index in [1.165, 1.54) is 0 Å². The maximum atomic E-state index is 12.5. The number of rotatable bonds is 2. The smallest absolute Gasteiger partial charge is 0.255 e. The summed E-state index contributed by atoms with van der Waals surface area (Å²) in [6.45, 7) is 4.56. The van der Waals surface area contributed by atoms with Crippen LogP contribution < -0.4 is 10.1 Å². The number of carbonyl (C=O) groups excluding carboxylic acids is 1. The molecule has 0 aromatic heterocycles. The molecule has 1 fully saturated rings. The number of nitrogens with zero attached hydrogens (tertiary/aromatic N) is 1. The van der Waals surface area contributed by atoms with Gasteiger partial charge in [-0.05, 0) is 47.7 Å². The minimum absolute atomic E-state index is 0.107. The van der Waals surface area contributed by atoms with Crippen LogP contribution in [0.4, 0.5) is 0 Å². The molecule has 5 heteroatoms. The van der Waals surface area contributed by atoms with Gasteiger partial charge in [-0.15, -0.1) is 0 Å². The number of hydrogen-bond acceptors (Lipinski definition) is 3. The maximum absolute atomic E-state index is 12.5. The number of piperazine rings is 1. The molecule has 1 aliphatic heterocycles. The van der Waals surface area contributed by atoms with E-state index >= 15 is 0 Å². The van der Waals surface area contributed by atoms with E-state index in [0.717, 1.165) is 34.5 Å². The minimum atomic E-state index is 0.107. The Labute approximate surface area is 121 Å². The van der Waals surface area contributed by atoms with E-state index in [1.807, 2.05) is 23.1 Å². The molecule has 2 rings (SSSR count). The third kappa shape index (κ3) is 2.77. The quantitative estimate of drug-likeness (QED) is 0.817. The Kier molecular flexibility index (Phi) is 4.45. The molecular weight excluding hydrogens is 343 g/mol. The second-order valence-corrected chi connectivity index (χ2v) is 5.56. The first kappa shape index (κ1) is 13.6. The Morgan fingerprint density at radius 2 is 2.33 bits per heavy atom. The van der Waals surface area contributed by atoms with Gasteiger partial charge in [-0.3, -0.25) is 4.79 Å².